The van der Waals surface area contributed by atoms with Gasteiger partial charge in [0, 0.05) is 40.4 Å². The van der Waals surface area contributed by atoms with Crippen molar-refractivity contribution in [3.8, 4) is 34.1 Å². The molecule has 1 atom stereocenters. The molecular formula is C47H52N4O. The molecule has 1 unspecified atom stereocenters. The number of nitrogens with zero attached hydrogens (tertiary/aromatic N) is 4. The smallest absolute Gasteiger partial charge is 0.137 e. The minimum absolute atomic E-state index is 0.155. The van der Waals surface area contributed by atoms with Crippen LogP contribution in [0.25, 0.3) is 44.4 Å². The Hall–Kier alpha value is -5.16. The first-order valence-electron chi connectivity index (χ1n) is 18.6. The van der Waals surface area contributed by atoms with Gasteiger partial charge in [0.1, 0.15) is 17.3 Å². The van der Waals surface area contributed by atoms with Gasteiger partial charge in [0.2, 0.25) is 0 Å². The molecular weight excluding hydrogens is 637 g/mol. The van der Waals surface area contributed by atoms with Crippen molar-refractivity contribution in [1.29, 1.82) is 0 Å². The number of ether oxygens (including phenoxy) is 1. The summed E-state index contributed by atoms with van der Waals surface area (Å²) in [5.41, 5.74) is 11.8. The predicted octanol–water partition coefficient (Wildman–Crippen LogP) is 12.9. The summed E-state index contributed by atoms with van der Waals surface area (Å²) in [6.45, 7) is 22.5. The molecule has 7 rings (SSSR count). The molecule has 0 saturated carbocycles. The summed E-state index contributed by atoms with van der Waals surface area (Å²) in [6, 6.07) is 34.7. The number of hydrogen-bond donors (Lipinski definition) is 0. The van der Waals surface area contributed by atoms with Gasteiger partial charge in [-0.3, -0.25) is 4.57 Å². The zero-order valence-corrected chi connectivity index (χ0v) is 32.5. The van der Waals surface area contributed by atoms with Crippen LogP contribution in [0.5, 0.6) is 11.5 Å². The Bertz CT molecular complexity index is 2400. The van der Waals surface area contributed by atoms with Gasteiger partial charge in [-0.15, -0.1) is 0 Å². The Kier molecular flexibility index (Phi) is 9.10. The fourth-order valence-electron chi connectivity index (χ4n) is 7.28. The molecule has 266 valence electrons. The lowest BCUT2D eigenvalue weighted by molar-refractivity contribution is 0.340. The van der Waals surface area contributed by atoms with E-state index in [-0.39, 0.29) is 10.8 Å². The Morgan fingerprint density at radius 2 is 1.50 bits per heavy atom. The third-order valence-corrected chi connectivity index (χ3v) is 10.6. The van der Waals surface area contributed by atoms with Crippen LogP contribution in [-0.2, 0) is 6.42 Å². The van der Waals surface area contributed by atoms with Crippen LogP contribution in [0, 0.1) is 31.6 Å². The van der Waals surface area contributed by atoms with E-state index in [1.807, 2.05) is 12.3 Å². The molecule has 0 spiro atoms. The van der Waals surface area contributed by atoms with Crippen molar-refractivity contribution in [2.75, 3.05) is 0 Å². The average Bonchev–Trinajstić information content (AvgIpc) is 3.58. The number of aromatic nitrogens is 4. The molecule has 7 aromatic rings. The lowest BCUT2D eigenvalue weighted by atomic mass is 9.77. The first kappa shape index (κ1) is 35.3. The Morgan fingerprint density at radius 1 is 0.731 bits per heavy atom. The molecule has 5 nitrogen and oxygen atoms in total. The van der Waals surface area contributed by atoms with Gasteiger partial charge in [0.15, 0.2) is 0 Å². The predicted molar refractivity (Wildman–Crippen MR) is 218 cm³/mol. The minimum atomic E-state index is 0.155. The lowest BCUT2D eigenvalue weighted by Crippen LogP contribution is -2.15. The minimum Gasteiger partial charge on any atom is -0.457 e. The summed E-state index contributed by atoms with van der Waals surface area (Å²) >= 11 is 0. The molecule has 0 fully saturated rings. The molecule has 52 heavy (non-hydrogen) atoms. The van der Waals surface area contributed by atoms with Gasteiger partial charge in [0.05, 0.1) is 22.4 Å². The average molecular weight is 689 g/mol. The van der Waals surface area contributed by atoms with E-state index < -0.39 is 0 Å². The summed E-state index contributed by atoms with van der Waals surface area (Å²) in [7, 11) is 0. The molecule has 0 aliphatic heterocycles. The SMILES string of the molecule is Cc1ccnc(-n2c3ccc(C(C)C(C)(C)C)cc3c3ccc(Oc4cc(CCC(C)(C)C)cc(-n5nc(C)c(-c6ccccc6)c5C)c4)cc32)c1. The quantitative estimate of drug-likeness (QED) is 0.160. The van der Waals surface area contributed by atoms with E-state index in [1.165, 1.54) is 38.6 Å². The zero-order chi connectivity index (χ0) is 36.9. The normalized spacial score (nSPS) is 12.9. The van der Waals surface area contributed by atoms with Gasteiger partial charge >= 0.3 is 0 Å². The first-order chi connectivity index (χ1) is 24.7. The Balaban J connectivity index is 1.35. The molecule has 0 amide bonds. The molecule has 0 radical (unpaired) electrons. The number of pyridine rings is 1. The van der Waals surface area contributed by atoms with E-state index >= 15 is 0 Å². The highest BCUT2D eigenvalue weighted by atomic mass is 16.5. The van der Waals surface area contributed by atoms with E-state index in [9.17, 15) is 0 Å². The number of rotatable bonds is 8. The van der Waals surface area contributed by atoms with E-state index in [2.05, 4.69) is 169 Å². The summed E-state index contributed by atoms with van der Waals surface area (Å²) in [5.74, 6) is 2.89. The van der Waals surface area contributed by atoms with Crippen LogP contribution in [0.3, 0.4) is 0 Å². The van der Waals surface area contributed by atoms with E-state index in [0.717, 1.165) is 58.3 Å². The summed E-state index contributed by atoms with van der Waals surface area (Å²) in [5, 5.41) is 7.47. The fraction of sp³-hybridized carbons (Fsp3) is 0.319. The second-order valence-electron chi connectivity index (χ2n) is 16.9. The van der Waals surface area contributed by atoms with Crippen LogP contribution in [0.15, 0.2) is 103 Å². The van der Waals surface area contributed by atoms with Gasteiger partial charge in [-0.1, -0.05) is 84.9 Å². The van der Waals surface area contributed by atoms with E-state index in [0.29, 0.717) is 5.92 Å². The van der Waals surface area contributed by atoms with Crippen molar-refractivity contribution < 1.29 is 4.74 Å². The Labute approximate surface area is 309 Å². The molecule has 5 heteroatoms. The molecule has 0 saturated heterocycles. The van der Waals surface area contributed by atoms with Crippen LogP contribution in [0.2, 0.25) is 0 Å². The summed E-state index contributed by atoms with van der Waals surface area (Å²) in [4.78, 5) is 4.84. The first-order valence-corrected chi connectivity index (χ1v) is 18.6. The van der Waals surface area contributed by atoms with Gasteiger partial charge in [-0.05, 0) is 121 Å². The number of aryl methyl sites for hydroxylation is 3. The van der Waals surface area contributed by atoms with Crippen LogP contribution in [0.1, 0.15) is 88.9 Å². The van der Waals surface area contributed by atoms with Crippen LogP contribution in [-0.4, -0.2) is 19.3 Å². The van der Waals surface area contributed by atoms with Crippen molar-refractivity contribution in [3.63, 3.8) is 0 Å². The van der Waals surface area contributed by atoms with Crippen LogP contribution in [0.4, 0.5) is 0 Å². The van der Waals surface area contributed by atoms with Crippen LogP contribution < -0.4 is 4.74 Å². The molecule has 3 heterocycles. The second-order valence-corrected chi connectivity index (χ2v) is 16.9. The maximum atomic E-state index is 6.83. The number of fused-ring (bicyclic) bond motifs is 3. The lowest BCUT2D eigenvalue weighted by Gasteiger charge is -2.27. The highest BCUT2D eigenvalue weighted by Gasteiger charge is 2.24. The second kappa shape index (κ2) is 13.4. The summed E-state index contributed by atoms with van der Waals surface area (Å²) in [6.07, 6.45) is 3.90. The molecule has 3 aromatic heterocycles. The standard InChI is InChI=1S/C47H52N4O/c1-30-21-23-48-44(24-30)50-42-19-16-36(31(2)47(8,9)10)27-41(42)40-18-17-38(29-43(40)50)52-39-26-34(20-22-46(5,6)7)25-37(28-39)51-33(4)45(32(3)49-51)35-14-12-11-13-15-35/h11-19,21,23-29,31H,20,22H2,1-10H3. The van der Waals surface area contributed by atoms with Gasteiger partial charge in [-0.25, -0.2) is 9.67 Å². The van der Waals surface area contributed by atoms with E-state index in [1.54, 1.807) is 0 Å². The topological polar surface area (TPSA) is 44.9 Å². The molecule has 4 aromatic carbocycles. The number of benzene rings is 4. The molecule has 0 aliphatic rings. The highest BCUT2D eigenvalue weighted by Crippen LogP contribution is 2.40. The zero-order valence-electron chi connectivity index (χ0n) is 32.5. The van der Waals surface area contributed by atoms with Gasteiger partial charge in [0.25, 0.3) is 0 Å². The maximum absolute atomic E-state index is 6.83. The van der Waals surface area contributed by atoms with E-state index in [4.69, 9.17) is 14.8 Å². The van der Waals surface area contributed by atoms with Crippen molar-refractivity contribution in [2.24, 2.45) is 10.8 Å². The van der Waals surface area contributed by atoms with Gasteiger partial charge in [-0.2, -0.15) is 5.10 Å². The third-order valence-electron chi connectivity index (χ3n) is 10.6. The number of hydrogen-bond acceptors (Lipinski definition) is 3. The monoisotopic (exact) mass is 688 g/mol. The fourth-order valence-corrected chi connectivity index (χ4v) is 7.28. The largest absolute Gasteiger partial charge is 0.457 e. The van der Waals surface area contributed by atoms with Crippen molar-refractivity contribution >= 4 is 21.8 Å². The van der Waals surface area contributed by atoms with Crippen molar-refractivity contribution in [3.05, 3.63) is 131 Å². The van der Waals surface area contributed by atoms with Crippen molar-refractivity contribution in [1.82, 2.24) is 19.3 Å². The van der Waals surface area contributed by atoms with Crippen LogP contribution >= 0.6 is 0 Å². The molecule has 0 bridgehead atoms. The summed E-state index contributed by atoms with van der Waals surface area (Å²) < 4.78 is 11.2. The highest BCUT2D eigenvalue weighted by molar-refractivity contribution is 6.09. The third kappa shape index (κ3) is 7.01. The molecule has 0 N–H and O–H groups in total. The van der Waals surface area contributed by atoms with Crippen molar-refractivity contribution in [2.45, 2.75) is 88.0 Å². The Morgan fingerprint density at radius 3 is 2.21 bits per heavy atom. The maximum Gasteiger partial charge on any atom is 0.137 e. The molecule has 0 aliphatic carbocycles. The van der Waals surface area contributed by atoms with Gasteiger partial charge < -0.3 is 4.74 Å².